The summed E-state index contributed by atoms with van der Waals surface area (Å²) in [6.07, 6.45) is 0.720. The van der Waals surface area contributed by atoms with E-state index in [2.05, 4.69) is 20.5 Å². The Bertz CT molecular complexity index is 560. The summed E-state index contributed by atoms with van der Waals surface area (Å²) >= 11 is 1.55. The summed E-state index contributed by atoms with van der Waals surface area (Å²) in [6, 6.07) is 0. The van der Waals surface area contributed by atoms with E-state index in [1.54, 1.807) is 11.3 Å². The zero-order valence-electron chi connectivity index (χ0n) is 10.3. The predicted molar refractivity (Wildman–Crippen MR) is 70.4 cm³/mol. The van der Waals surface area contributed by atoms with Crippen molar-refractivity contribution in [3.63, 3.8) is 0 Å². The maximum atomic E-state index is 11.9. The number of aryl methyl sites for hydroxylation is 2. The van der Waals surface area contributed by atoms with E-state index in [1.807, 2.05) is 19.2 Å². The summed E-state index contributed by atoms with van der Waals surface area (Å²) in [7, 11) is 0. The molecule has 0 radical (unpaired) electrons. The average Bonchev–Trinajstić information content (AvgIpc) is 2.92. The number of anilines is 1. The highest BCUT2D eigenvalue weighted by molar-refractivity contribution is 7.09. The van der Waals surface area contributed by atoms with Crippen LogP contribution in [0.25, 0.3) is 0 Å². The van der Waals surface area contributed by atoms with E-state index < -0.39 is 0 Å². The van der Waals surface area contributed by atoms with Crippen molar-refractivity contribution in [2.24, 2.45) is 0 Å². The Morgan fingerprint density at radius 1 is 1.61 bits per heavy atom. The monoisotopic (exact) mass is 265 g/mol. The normalized spacial score (nSPS) is 10.6. The van der Waals surface area contributed by atoms with Crippen LogP contribution in [0, 0.1) is 6.92 Å². The van der Waals surface area contributed by atoms with Crippen LogP contribution in [0.2, 0.25) is 0 Å². The van der Waals surface area contributed by atoms with Crippen molar-refractivity contribution in [2.75, 3.05) is 5.73 Å². The highest BCUT2D eigenvalue weighted by Crippen LogP contribution is 2.14. The average molecular weight is 265 g/mol. The molecule has 0 aromatic carbocycles. The quantitative estimate of drug-likeness (QED) is 0.775. The summed E-state index contributed by atoms with van der Waals surface area (Å²) in [4.78, 5) is 16.1. The number of H-pyrrole nitrogens is 1. The molecular weight excluding hydrogens is 250 g/mol. The Balaban J connectivity index is 2.01. The minimum atomic E-state index is -0.283. The molecule has 0 atom stereocenters. The molecule has 0 fully saturated rings. The van der Waals surface area contributed by atoms with Gasteiger partial charge >= 0.3 is 0 Å². The van der Waals surface area contributed by atoms with E-state index in [9.17, 15) is 4.79 Å². The number of hydrogen-bond acceptors (Lipinski definition) is 5. The lowest BCUT2D eigenvalue weighted by molar-refractivity contribution is 0.0946. The number of nitrogen functional groups attached to an aromatic ring is 1. The molecule has 0 aliphatic heterocycles. The Hall–Kier alpha value is -1.89. The van der Waals surface area contributed by atoms with Crippen LogP contribution in [0.15, 0.2) is 5.38 Å². The number of amides is 1. The SMILES string of the molecule is CCc1[nH]nc(C(=O)NCc2csc(C)n2)c1N. The number of nitrogens with zero attached hydrogens (tertiary/aromatic N) is 2. The fourth-order valence-corrected chi connectivity index (χ4v) is 2.19. The first-order valence-electron chi connectivity index (χ1n) is 5.63. The van der Waals surface area contributed by atoms with Crippen molar-refractivity contribution in [3.8, 4) is 0 Å². The second-order valence-electron chi connectivity index (χ2n) is 3.86. The molecule has 4 N–H and O–H groups in total. The predicted octanol–water partition coefficient (Wildman–Crippen LogP) is 1.25. The summed E-state index contributed by atoms with van der Waals surface area (Å²) in [6.45, 7) is 4.26. The molecule has 7 heteroatoms. The maximum absolute atomic E-state index is 11.9. The van der Waals surface area contributed by atoms with Crippen LogP contribution < -0.4 is 11.1 Å². The van der Waals surface area contributed by atoms with Gasteiger partial charge in [0.05, 0.1) is 28.6 Å². The zero-order chi connectivity index (χ0) is 13.1. The van der Waals surface area contributed by atoms with Crippen molar-refractivity contribution in [1.82, 2.24) is 20.5 Å². The molecule has 6 nitrogen and oxygen atoms in total. The number of thiazole rings is 1. The van der Waals surface area contributed by atoms with Gasteiger partial charge in [0.15, 0.2) is 5.69 Å². The van der Waals surface area contributed by atoms with E-state index in [0.717, 1.165) is 22.8 Å². The third kappa shape index (κ3) is 2.51. The van der Waals surface area contributed by atoms with E-state index in [-0.39, 0.29) is 11.6 Å². The number of carbonyl (C=O) groups is 1. The summed E-state index contributed by atoms with van der Waals surface area (Å²) < 4.78 is 0. The molecule has 0 spiro atoms. The number of aromatic amines is 1. The Kier molecular flexibility index (Phi) is 3.61. The number of nitrogens with one attached hydrogen (secondary N) is 2. The van der Waals surface area contributed by atoms with Crippen LogP contribution >= 0.6 is 11.3 Å². The molecule has 18 heavy (non-hydrogen) atoms. The van der Waals surface area contributed by atoms with Crippen molar-refractivity contribution in [3.05, 3.63) is 27.5 Å². The molecule has 1 amide bonds. The first kappa shape index (κ1) is 12.6. The third-order valence-electron chi connectivity index (χ3n) is 2.55. The summed E-state index contributed by atoms with van der Waals surface area (Å²) in [5, 5.41) is 12.3. The van der Waals surface area contributed by atoms with Gasteiger partial charge in [-0.2, -0.15) is 5.10 Å². The maximum Gasteiger partial charge on any atom is 0.274 e. The minimum absolute atomic E-state index is 0.249. The van der Waals surface area contributed by atoms with Crippen LogP contribution in [0.3, 0.4) is 0 Å². The Labute approximate surface area is 109 Å². The Morgan fingerprint density at radius 3 is 2.94 bits per heavy atom. The van der Waals surface area contributed by atoms with Crippen LogP contribution in [-0.4, -0.2) is 21.1 Å². The van der Waals surface area contributed by atoms with Gasteiger partial charge in [0, 0.05) is 5.38 Å². The molecular formula is C11H15N5OS. The Morgan fingerprint density at radius 2 is 2.39 bits per heavy atom. The van der Waals surface area contributed by atoms with Gasteiger partial charge in [-0.25, -0.2) is 4.98 Å². The molecule has 2 aromatic heterocycles. The summed E-state index contributed by atoms with van der Waals surface area (Å²) in [5.41, 5.74) is 8.11. The highest BCUT2D eigenvalue weighted by Gasteiger charge is 2.16. The lowest BCUT2D eigenvalue weighted by atomic mass is 10.2. The first-order valence-corrected chi connectivity index (χ1v) is 6.51. The minimum Gasteiger partial charge on any atom is -0.395 e. The lowest BCUT2D eigenvalue weighted by Crippen LogP contribution is -2.24. The van der Waals surface area contributed by atoms with Gasteiger partial charge in [-0.05, 0) is 13.3 Å². The van der Waals surface area contributed by atoms with E-state index >= 15 is 0 Å². The molecule has 0 aliphatic rings. The third-order valence-corrected chi connectivity index (χ3v) is 3.37. The molecule has 96 valence electrons. The number of nitrogens with two attached hydrogens (primary N) is 1. The van der Waals surface area contributed by atoms with Crippen LogP contribution in [-0.2, 0) is 13.0 Å². The number of hydrogen-bond donors (Lipinski definition) is 3. The molecule has 0 saturated heterocycles. The zero-order valence-corrected chi connectivity index (χ0v) is 11.1. The molecule has 0 bridgehead atoms. The van der Waals surface area contributed by atoms with Crippen molar-refractivity contribution in [2.45, 2.75) is 26.8 Å². The second-order valence-corrected chi connectivity index (χ2v) is 4.92. The molecule has 0 unspecified atom stereocenters. The van der Waals surface area contributed by atoms with Gasteiger partial charge in [-0.15, -0.1) is 11.3 Å². The fraction of sp³-hybridized carbons (Fsp3) is 0.364. The van der Waals surface area contributed by atoms with Gasteiger partial charge in [-0.3, -0.25) is 9.89 Å². The van der Waals surface area contributed by atoms with E-state index in [0.29, 0.717) is 12.2 Å². The first-order chi connectivity index (χ1) is 8.61. The van der Waals surface area contributed by atoms with Crippen molar-refractivity contribution >= 4 is 22.9 Å². The highest BCUT2D eigenvalue weighted by atomic mass is 32.1. The lowest BCUT2D eigenvalue weighted by Gasteiger charge is -2.01. The van der Waals surface area contributed by atoms with Crippen molar-refractivity contribution in [1.29, 1.82) is 0 Å². The van der Waals surface area contributed by atoms with Gasteiger partial charge < -0.3 is 11.1 Å². The van der Waals surface area contributed by atoms with E-state index in [1.165, 1.54) is 0 Å². The summed E-state index contributed by atoms with van der Waals surface area (Å²) in [5.74, 6) is -0.283. The van der Waals surface area contributed by atoms with Crippen molar-refractivity contribution < 1.29 is 4.79 Å². The molecule has 2 rings (SSSR count). The number of rotatable bonds is 4. The van der Waals surface area contributed by atoms with Gasteiger partial charge in [0.25, 0.3) is 5.91 Å². The van der Waals surface area contributed by atoms with Gasteiger partial charge in [0.1, 0.15) is 0 Å². The molecule has 2 aromatic rings. The second kappa shape index (κ2) is 5.18. The van der Waals surface area contributed by atoms with Crippen LogP contribution in [0.1, 0.15) is 33.8 Å². The molecule has 2 heterocycles. The smallest absolute Gasteiger partial charge is 0.274 e. The standard InChI is InChI=1S/C11H15N5OS/c1-3-8-9(12)10(16-15-8)11(17)13-4-7-5-18-6(2)14-7/h5H,3-4,12H2,1-2H3,(H,13,17)(H,15,16). The largest absolute Gasteiger partial charge is 0.395 e. The molecule has 0 aliphatic carbocycles. The van der Waals surface area contributed by atoms with Crippen LogP contribution in [0.4, 0.5) is 5.69 Å². The number of aromatic nitrogens is 3. The van der Waals surface area contributed by atoms with Gasteiger partial charge in [0.2, 0.25) is 0 Å². The van der Waals surface area contributed by atoms with E-state index in [4.69, 9.17) is 5.73 Å². The molecule has 0 saturated carbocycles. The fourth-order valence-electron chi connectivity index (χ4n) is 1.57. The number of carbonyl (C=O) groups excluding carboxylic acids is 1. The van der Waals surface area contributed by atoms with Gasteiger partial charge in [-0.1, -0.05) is 6.92 Å². The topological polar surface area (TPSA) is 96.7 Å². The van der Waals surface area contributed by atoms with Crippen LogP contribution in [0.5, 0.6) is 0 Å².